The van der Waals surface area contributed by atoms with Crippen LogP contribution >= 0.6 is 11.8 Å². The Bertz CT molecular complexity index is 933. The van der Waals surface area contributed by atoms with Gasteiger partial charge in [-0.2, -0.15) is 0 Å². The zero-order valence-corrected chi connectivity index (χ0v) is 14.7. The number of carbonyl (C=O) groups excluding carboxylic acids is 1. The summed E-state index contributed by atoms with van der Waals surface area (Å²) in [5.41, 5.74) is 3.75. The third-order valence-electron chi connectivity index (χ3n) is 4.22. The minimum absolute atomic E-state index is 0.0394. The molecule has 122 valence electrons. The third kappa shape index (κ3) is 3.03. The predicted molar refractivity (Wildman–Crippen MR) is 104 cm³/mol. The molecule has 0 fully saturated rings. The Balaban J connectivity index is 1.70. The van der Waals surface area contributed by atoms with Crippen LogP contribution in [0.25, 0.3) is 0 Å². The van der Waals surface area contributed by atoms with E-state index in [4.69, 9.17) is 0 Å². The van der Waals surface area contributed by atoms with Gasteiger partial charge in [0.1, 0.15) is 0 Å². The van der Waals surface area contributed by atoms with Crippen molar-refractivity contribution in [1.82, 2.24) is 0 Å². The van der Waals surface area contributed by atoms with Gasteiger partial charge in [-0.3, -0.25) is 9.79 Å². The van der Waals surface area contributed by atoms with Crippen molar-refractivity contribution in [2.24, 2.45) is 4.99 Å². The molecule has 1 unspecified atom stereocenters. The van der Waals surface area contributed by atoms with E-state index < -0.39 is 4.87 Å². The topological polar surface area (TPSA) is 29.4 Å². The van der Waals surface area contributed by atoms with E-state index in [-0.39, 0.29) is 5.78 Å². The second-order valence-electron chi connectivity index (χ2n) is 6.08. The van der Waals surface area contributed by atoms with E-state index in [0.717, 1.165) is 16.2 Å². The summed E-state index contributed by atoms with van der Waals surface area (Å²) >= 11 is 1.52. The summed E-state index contributed by atoms with van der Waals surface area (Å²) in [7, 11) is 0. The molecule has 0 aromatic heterocycles. The lowest BCUT2D eigenvalue weighted by molar-refractivity contribution is 0.0985. The third-order valence-corrected chi connectivity index (χ3v) is 5.49. The molecular formula is C22H17NOS. The summed E-state index contributed by atoms with van der Waals surface area (Å²) in [4.78, 5) is 18.1. The molecule has 2 nitrogen and oxygen atoms in total. The van der Waals surface area contributed by atoms with Crippen molar-refractivity contribution in [3.05, 3.63) is 102 Å². The molecule has 1 heterocycles. The number of ketones is 1. The van der Waals surface area contributed by atoms with Crippen LogP contribution in [0.3, 0.4) is 0 Å². The van der Waals surface area contributed by atoms with Crippen molar-refractivity contribution in [2.45, 2.75) is 16.7 Å². The fourth-order valence-corrected chi connectivity index (χ4v) is 4.00. The number of hydrogen-bond acceptors (Lipinski definition) is 3. The molecule has 4 rings (SSSR count). The molecule has 0 saturated carbocycles. The molecule has 0 spiro atoms. The van der Waals surface area contributed by atoms with E-state index in [2.05, 4.69) is 36.2 Å². The zero-order chi connectivity index (χ0) is 17.3. The van der Waals surface area contributed by atoms with Crippen molar-refractivity contribution in [2.75, 3.05) is 0 Å². The van der Waals surface area contributed by atoms with Gasteiger partial charge in [-0.05, 0) is 24.6 Å². The van der Waals surface area contributed by atoms with E-state index in [1.54, 1.807) is 0 Å². The Labute approximate surface area is 151 Å². The van der Waals surface area contributed by atoms with Gasteiger partial charge in [0.2, 0.25) is 10.7 Å². The monoisotopic (exact) mass is 343 g/mol. The van der Waals surface area contributed by atoms with Gasteiger partial charge < -0.3 is 0 Å². The maximum Gasteiger partial charge on any atom is 0.215 e. The van der Waals surface area contributed by atoms with Crippen LogP contribution in [0, 0.1) is 6.92 Å². The van der Waals surface area contributed by atoms with Gasteiger partial charge in [-0.25, -0.2) is 0 Å². The molecular weight excluding hydrogens is 326 g/mol. The van der Waals surface area contributed by atoms with E-state index >= 15 is 0 Å². The Morgan fingerprint density at radius 1 is 0.840 bits per heavy atom. The second-order valence-corrected chi connectivity index (χ2v) is 7.35. The number of thioether (sulfide) groups is 1. The van der Waals surface area contributed by atoms with Gasteiger partial charge in [-0.15, -0.1) is 0 Å². The van der Waals surface area contributed by atoms with Crippen LogP contribution in [0.4, 0.5) is 0 Å². The lowest BCUT2D eigenvalue weighted by atomic mass is 10.0. The normalized spacial score (nSPS) is 18.5. The number of nitrogens with zero attached hydrogens (tertiary/aromatic N) is 1. The zero-order valence-electron chi connectivity index (χ0n) is 13.8. The molecule has 1 atom stereocenters. The highest BCUT2D eigenvalue weighted by atomic mass is 32.2. The second kappa shape index (κ2) is 6.34. The molecule has 0 saturated heterocycles. The molecule has 25 heavy (non-hydrogen) atoms. The van der Waals surface area contributed by atoms with Gasteiger partial charge in [0.15, 0.2) is 0 Å². The molecule has 1 aliphatic rings. The lowest BCUT2D eigenvalue weighted by Crippen LogP contribution is -2.27. The molecule has 0 N–H and O–H groups in total. The summed E-state index contributed by atoms with van der Waals surface area (Å²) < 4.78 is 0. The van der Waals surface area contributed by atoms with Crippen LogP contribution in [-0.4, -0.2) is 16.4 Å². The van der Waals surface area contributed by atoms with Gasteiger partial charge in [0, 0.05) is 10.5 Å². The fraction of sp³-hybridized carbons (Fsp3) is 0.0909. The van der Waals surface area contributed by atoms with Crippen molar-refractivity contribution in [1.29, 1.82) is 0 Å². The first kappa shape index (κ1) is 15.9. The average molecular weight is 343 g/mol. The SMILES string of the molecule is Cc1ccc(SC2(C(=O)c3ccccc3)N=C2c2ccccc2)cc1. The number of aryl methyl sites for hydroxylation is 1. The Hall–Kier alpha value is -2.65. The van der Waals surface area contributed by atoms with Crippen molar-refractivity contribution < 1.29 is 4.79 Å². The summed E-state index contributed by atoms with van der Waals surface area (Å²) in [6.07, 6.45) is 0. The van der Waals surface area contributed by atoms with E-state index in [1.807, 2.05) is 60.7 Å². The Kier molecular flexibility index (Phi) is 4.02. The van der Waals surface area contributed by atoms with Crippen LogP contribution in [-0.2, 0) is 0 Å². The highest BCUT2D eigenvalue weighted by molar-refractivity contribution is 8.02. The maximum atomic E-state index is 13.2. The first-order valence-corrected chi connectivity index (χ1v) is 9.02. The van der Waals surface area contributed by atoms with Gasteiger partial charge in [0.05, 0.1) is 5.71 Å². The van der Waals surface area contributed by atoms with Crippen LogP contribution in [0.2, 0.25) is 0 Å². The number of rotatable bonds is 5. The Morgan fingerprint density at radius 2 is 1.44 bits per heavy atom. The first-order valence-electron chi connectivity index (χ1n) is 8.20. The van der Waals surface area contributed by atoms with E-state index in [9.17, 15) is 4.79 Å². The standard InChI is InChI=1S/C22H17NOS/c1-16-12-14-19(15-13-16)25-22(21(24)18-10-6-3-7-11-18)20(23-22)17-8-4-2-5-9-17/h2-15H,1H3. The highest BCUT2D eigenvalue weighted by Crippen LogP contribution is 2.48. The van der Waals surface area contributed by atoms with Crippen LogP contribution in [0.5, 0.6) is 0 Å². The number of benzene rings is 3. The van der Waals surface area contributed by atoms with E-state index in [0.29, 0.717) is 5.56 Å². The van der Waals surface area contributed by atoms with Crippen LogP contribution in [0.15, 0.2) is 94.8 Å². The molecule has 0 aliphatic carbocycles. The largest absolute Gasteiger partial charge is 0.290 e. The molecule has 0 amide bonds. The van der Waals surface area contributed by atoms with Crippen molar-refractivity contribution in [3.63, 3.8) is 0 Å². The first-order chi connectivity index (χ1) is 12.2. The summed E-state index contributed by atoms with van der Waals surface area (Å²) in [6, 6.07) is 27.6. The van der Waals surface area contributed by atoms with Gasteiger partial charge in [0.25, 0.3) is 0 Å². The lowest BCUT2D eigenvalue weighted by Gasteiger charge is -2.15. The van der Waals surface area contributed by atoms with Crippen LogP contribution < -0.4 is 0 Å². The number of carbonyl (C=O) groups is 1. The number of aliphatic imine (C=N–C) groups is 1. The molecule has 0 radical (unpaired) electrons. The molecule has 3 aromatic rings. The van der Waals surface area contributed by atoms with Gasteiger partial charge >= 0.3 is 0 Å². The average Bonchev–Trinajstić information content (AvgIpc) is 3.40. The highest BCUT2D eigenvalue weighted by Gasteiger charge is 2.55. The summed E-state index contributed by atoms with van der Waals surface area (Å²) in [5.74, 6) is 0.0394. The molecule has 3 heteroatoms. The summed E-state index contributed by atoms with van der Waals surface area (Å²) in [6.45, 7) is 2.06. The quantitative estimate of drug-likeness (QED) is 0.598. The van der Waals surface area contributed by atoms with Gasteiger partial charge in [-0.1, -0.05) is 90.1 Å². The van der Waals surface area contributed by atoms with Crippen molar-refractivity contribution >= 4 is 23.3 Å². The van der Waals surface area contributed by atoms with Crippen molar-refractivity contribution in [3.8, 4) is 0 Å². The minimum Gasteiger partial charge on any atom is -0.290 e. The van der Waals surface area contributed by atoms with Crippen LogP contribution in [0.1, 0.15) is 21.5 Å². The maximum absolute atomic E-state index is 13.2. The minimum atomic E-state index is -0.849. The fourth-order valence-electron chi connectivity index (χ4n) is 2.82. The molecule has 3 aromatic carbocycles. The number of hydrogen-bond donors (Lipinski definition) is 0. The molecule has 1 aliphatic heterocycles. The number of Topliss-reactive ketones (excluding diaryl/α,β-unsaturated/α-hetero) is 1. The van der Waals surface area contributed by atoms with E-state index in [1.165, 1.54) is 17.3 Å². The predicted octanol–water partition coefficient (Wildman–Crippen LogP) is 5.17. The Morgan fingerprint density at radius 3 is 2.08 bits per heavy atom. The molecule has 0 bridgehead atoms. The smallest absolute Gasteiger partial charge is 0.215 e. The summed E-state index contributed by atoms with van der Waals surface area (Å²) in [5, 5.41) is 0.